The molecule has 19 heavy (non-hydrogen) atoms. The molecule has 3 nitrogen and oxygen atoms in total. The number of benzene rings is 1. The van der Waals surface area contributed by atoms with Gasteiger partial charge < -0.3 is 10.1 Å². The van der Waals surface area contributed by atoms with E-state index in [0.717, 1.165) is 10.2 Å². The molecular weight excluding hydrogens is 330 g/mol. The van der Waals surface area contributed by atoms with E-state index in [1.165, 1.54) is 0 Å². The number of ether oxygens (including phenoxy) is 1. The molecule has 0 amide bonds. The van der Waals surface area contributed by atoms with Gasteiger partial charge in [0.1, 0.15) is 5.54 Å². The SMILES string of the molecule is CCOC(=O)C(C)(Nc1ccc(Cl)c(Br)c1)C(C)C. The van der Waals surface area contributed by atoms with E-state index in [-0.39, 0.29) is 11.9 Å². The lowest BCUT2D eigenvalue weighted by atomic mass is 9.88. The van der Waals surface area contributed by atoms with Crippen LogP contribution in [0, 0.1) is 5.92 Å². The lowest BCUT2D eigenvalue weighted by molar-refractivity contribution is -0.149. The van der Waals surface area contributed by atoms with Crippen molar-refractivity contribution in [3.8, 4) is 0 Å². The molecule has 0 aliphatic heterocycles. The maximum absolute atomic E-state index is 12.1. The van der Waals surface area contributed by atoms with Crippen molar-refractivity contribution in [2.75, 3.05) is 11.9 Å². The van der Waals surface area contributed by atoms with E-state index in [9.17, 15) is 4.79 Å². The molecule has 1 atom stereocenters. The average Bonchev–Trinajstić information content (AvgIpc) is 2.33. The van der Waals surface area contributed by atoms with E-state index in [4.69, 9.17) is 16.3 Å². The first kappa shape index (κ1) is 16.3. The van der Waals surface area contributed by atoms with Gasteiger partial charge in [0.05, 0.1) is 11.6 Å². The van der Waals surface area contributed by atoms with Gasteiger partial charge in [0, 0.05) is 10.2 Å². The lowest BCUT2D eigenvalue weighted by Gasteiger charge is -2.33. The van der Waals surface area contributed by atoms with Gasteiger partial charge in [0.15, 0.2) is 0 Å². The van der Waals surface area contributed by atoms with Crippen molar-refractivity contribution in [2.45, 2.75) is 33.2 Å². The second-order valence-corrected chi connectivity index (χ2v) is 6.09. The van der Waals surface area contributed by atoms with Crippen LogP contribution in [0.4, 0.5) is 5.69 Å². The Balaban J connectivity index is 3.01. The van der Waals surface area contributed by atoms with E-state index >= 15 is 0 Å². The molecule has 0 spiro atoms. The number of carbonyl (C=O) groups excluding carboxylic acids is 1. The molecule has 0 bridgehead atoms. The molecule has 0 aliphatic carbocycles. The highest BCUT2D eigenvalue weighted by molar-refractivity contribution is 9.10. The molecule has 0 fully saturated rings. The van der Waals surface area contributed by atoms with E-state index < -0.39 is 5.54 Å². The summed E-state index contributed by atoms with van der Waals surface area (Å²) in [5.41, 5.74) is 0.0454. The molecule has 1 N–H and O–H groups in total. The Morgan fingerprint density at radius 2 is 2.16 bits per heavy atom. The number of hydrogen-bond acceptors (Lipinski definition) is 3. The molecular formula is C14H19BrClNO2. The molecule has 1 rings (SSSR count). The zero-order chi connectivity index (χ0) is 14.6. The fraction of sp³-hybridized carbons (Fsp3) is 0.500. The number of rotatable bonds is 5. The van der Waals surface area contributed by atoms with Crippen LogP contribution < -0.4 is 5.32 Å². The molecule has 0 aliphatic rings. The van der Waals surface area contributed by atoms with Crippen LogP contribution in [-0.4, -0.2) is 18.1 Å². The van der Waals surface area contributed by atoms with Crippen molar-refractivity contribution in [2.24, 2.45) is 5.92 Å². The third-order valence-corrected chi connectivity index (χ3v) is 4.39. The average molecular weight is 349 g/mol. The summed E-state index contributed by atoms with van der Waals surface area (Å²) in [6, 6.07) is 5.47. The largest absolute Gasteiger partial charge is 0.464 e. The highest BCUT2D eigenvalue weighted by Crippen LogP contribution is 2.29. The molecule has 1 aromatic carbocycles. The molecule has 1 aromatic rings. The number of halogens is 2. The number of anilines is 1. The smallest absolute Gasteiger partial charge is 0.331 e. The lowest BCUT2D eigenvalue weighted by Crippen LogP contribution is -2.49. The Kier molecular flexibility index (Phi) is 5.68. The molecule has 0 aromatic heterocycles. The van der Waals surface area contributed by atoms with Crippen molar-refractivity contribution >= 4 is 39.2 Å². The highest BCUT2D eigenvalue weighted by atomic mass is 79.9. The summed E-state index contributed by atoms with van der Waals surface area (Å²) >= 11 is 9.33. The molecule has 0 heterocycles. The van der Waals surface area contributed by atoms with Crippen molar-refractivity contribution < 1.29 is 9.53 Å². The van der Waals surface area contributed by atoms with E-state index in [0.29, 0.717) is 11.6 Å². The van der Waals surface area contributed by atoms with Gasteiger partial charge in [0.2, 0.25) is 0 Å². The molecule has 0 saturated heterocycles. The normalized spacial score (nSPS) is 14.1. The zero-order valence-electron chi connectivity index (χ0n) is 11.6. The first-order valence-electron chi connectivity index (χ1n) is 6.21. The molecule has 0 saturated carbocycles. The van der Waals surface area contributed by atoms with Gasteiger partial charge in [-0.2, -0.15) is 0 Å². The van der Waals surface area contributed by atoms with Gasteiger partial charge in [-0.15, -0.1) is 0 Å². The number of carbonyl (C=O) groups is 1. The Labute approximate surface area is 127 Å². The first-order valence-corrected chi connectivity index (χ1v) is 7.38. The second-order valence-electron chi connectivity index (χ2n) is 4.83. The van der Waals surface area contributed by atoms with Crippen molar-refractivity contribution in [1.82, 2.24) is 0 Å². The second kappa shape index (κ2) is 6.62. The first-order chi connectivity index (χ1) is 8.81. The maximum atomic E-state index is 12.1. The number of hydrogen-bond donors (Lipinski definition) is 1. The van der Waals surface area contributed by atoms with Crippen LogP contribution >= 0.6 is 27.5 Å². The topological polar surface area (TPSA) is 38.3 Å². The predicted molar refractivity (Wildman–Crippen MR) is 82.7 cm³/mol. The van der Waals surface area contributed by atoms with E-state index in [1.807, 2.05) is 32.9 Å². The van der Waals surface area contributed by atoms with E-state index in [2.05, 4.69) is 21.2 Å². The highest BCUT2D eigenvalue weighted by Gasteiger charge is 2.38. The Morgan fingerprint density at radius 3 is 2.63 bits per heavy atom. The van der Waals surface area contributed by atoms with Crippen LogP contribution in [0.25, 0.3) is 0 Å². The monoisotopic (exact) mass is 347 g/mol. The number of esters is 1. The van der Waals surface area contributed by atoms with Crippen molar-refractivity contribution in [1.29, 1.82) is 0 Å². The van der Waals surface area contributed by atoms with Crippen LogP contribution in [0.1, 0.15) is 27.7 Å². The summed E-state index contributed by atoms with van der Waals surface area (Å²) < 4.78 is 5.94. The standard InChI is InChI=1S/C14H19BrClNO2/c1-5-19-13(18)14(4,9(2)3)17-10-6-7-12(16)11(15)8-10/h6-9,17H,5H2,1-4H3. The van der Waals surface area contributed by atoms with Gasteiger partial charge in [-0.3, -0.25) is 0 Å². The minimum absolute atomic E-state index is 0.0843. The van der Waals surface area contributed by atoms with Gasteiger partial charge in [-0.1, -0.05) is 25.4 Å². The number of nitrogens with one attached hydrogen (secondary N) is 1. The summed E-state index contributed by atoms with van der Waals surface area (Å²) in [6.07, 6.45) is 0. The van der Waals surface area contributed by atoms with Crippen molar-refractivity contribution in [3.05, 3.63) is 27.7 Å². The summed E-state index contributed by atoms with van der Waals surface area (Å²) in [6.45, 7) is 7.98. The van der Waals surface area contributed by atoms with Crippen LogP contribution in [0.5, 0.6) is 0 Å². The quantitative estimate of drug-likeness (QED) is 0.797. The van der Waals surface area contributed by atoms with Crippen molar-refractivity contribution in [3.63, 3.8) is 0 Å². The van der Waals surface area contributed by atoms with Crippen LogP contribution in [0.3, 0.4) is 0 Å². The summed E-state index contributed by atoms with van der Waals surface area (Å²) in [7, 11) is 0. The van der Waals surface area contributed by atoms with Gasteiger partial charge in [-0.25, -0.2) is 4.79 Å². The molecule has 5 heteroatoms. The van der Waals surface area contributed by atoms with E-state index in [1.54, 1.807) is 13.0 Å². The molecule has 1 unspecified atom stereocenters. The van der Waals surface area contributed by atoms with Gasteiger partial charge >= 0.3 is 5.97 Å². The fourth-order valence-corrected chi connectivity index (χ4v) is 2.08. The zero-order valence-corrected chi connectivity index (χ0v) is 13.9. The fourth-order valence-electron chi connectivity index (χ4n) is 1.59. The summed E-state index contributed by atoms with van der Waals surface area (Å²) in [4.78, 5) is 12.1. The predicted octanol–water partition coefficient (Wildman–Crippen LogP) is 4.49. The third kappa shape index (κ3) is 3.86. The maximum Gasteiger partial charge on any atom is 0.331 e. The Bertz CT molecular complexity index is 465. The van der Waals surface area contributed by atoms with Crippen LogP contribution in [0.2, 0.25) is 5.02 Å². The minimum Gasteiger partial charge on any atom is -0.464 e. The minimum atomic E-state index is -0.775. The molecule has 106 valence electrons. The third-order valence-electron chi connectivity index (χ3n) is 3.18. The van der Waals surface area contributed by atoms with Crippen LogP contribution in [0.15, 0.2) is 22.7 Å². The Morgan fingerprint density at radius 1 is 1.53 bits per heavy atom. The molecule has 0 radical (unpaired) electrons. The summed E-state index contributed by atoms with van der Waals surface area (Å²) in [5, 5.41) is 3.88. The summed E-state index contributed by atoms with van der Waals surface area (Å²) in [5.74, 6) is -0.169. The van der Waals surface area contributed by atoms with Gasteiger partial charge in [0.25, 0.3) is 0 Å². The Hall–Kier alpha value is -0.740. The van der Waals surface area contributed by atoms with Crippen LogP contribution in [-0.2, 0) is 9.53 Å². The van der Waals surface area contributed by atoms with Gasteiger partial charge in [-0.05, 0) is 53.9 Å².